The van der Waals surface area contributed by atoms with Crippen molar-refractivity contribution in [1.29, 1.82) is 0 Å². The summed E-state index contributed by atoms with van der Waals surface area (Å²) in [7, 11) is 1.71. The second kappa shape index (κ2) is 11.4. The molecule has 3 aromatic carbocycles. The van der Waals surface area contributed by atoms with E-state index in [0.29, 0.717) is 24.7 Å². The molecule has 0 unspecified atom stereocenters. The van der Waals surface area contributed by atoms with Crippen molar-refractivity contribution in [3.05, 3.63) is 78.9 Å². The largest absolute Gasteiger partial charge is 0.490 e. The van der Waals surface area contributed by atoms with Crippen LogP contribution in [0.15, 0.2) is 78.9 Å². The van der Waals surface area contributed by atoms with Crippen molar-refractivity contribution in [2.75, 3.05) is 42.3 Å². The highest BCUT2D eigenvalue weighted by molar-refractivity contribution is 5.94. The number of benzene rings is 3. The number of nitrogens with zero attached hydrogens (tertiary/aromatic N) is 1. The molecular formula is C25H27N3O4. The summed E-state index contributed by atoms with van der Waals surface area (Å²) in [5.41, 5.74) is 2.23. The van der Waals surface area contributed by atoms with Crippen LogP contribution in [-0.4, -0.2) is 38.6 Å². The Balaban J connectivity index is 1.42. The topological polar surface area (TPSA) is 79.9 Å². The molecule has 0 aromatic heterocycles. The maximum atomic E-state index is 12.3. The third-order valence-corrected chi connectivity index (χ3v) is 4.66. The van der Waals surface area contributed by atoms with Gasteiger partial charge in [0, 0.05) is 37.1 Å². The Morgan fingerprint density at radius 3 is 2.16 bits per heavy atom. The molecule has 2 amide bonds. The van der Waals surface area contributed by atoms with E-state index in [-0.39, 0.29) is 18.4 Å². The van der Waals surface area contributed by atoms with E-state index in [2.05, 4.69) is 10.6 Å². The van der Waals surface area contributed by atoms with Crippen molar-refractivity contribution < 1.29 is 19.1 Å². The molecule has 3 aromatic rings. The average Bonchev–Trinajstić information content (AvgIpc) is 2.81. The minimum absolute atomic E-state index is 0.0417. The molecule has 2 N–H and O–H groups in total. The van der Waals surface area contributed by atoms with Gasteiger partial charge in [0.1, 0.15) is 24.7 Å². The standard InChI is InChI=1S/C25H27N3O4/c1-19(29)28(2)22-13-11-20(12-14-22)26-18-25(30)27-21-7-6-10-24(17-21)32-16-15-31-23-8-4-3-5-9-23/h3-14,17,26H,15-16,18H2,1-2H3,(H,27,30). The molecule has 7 heteroatoms. The van der Waals surface area contributed by atoms with Gasteiger partial charge in [0.15, 0.2) is 0 Å². The average molecular weight is 434 g/mol. The van der Waals surface area contributed by atoms with Gasteiger partial charge in [0.25, 0.3) is 0 Å². The van der Waals surface area contributed by atoms with Crippen LogP contribution in [0, 0.1) is 0 Å². The van der Waals surface area contributed by atoms with Crippen LogP contribution in [0.3, 0.4) is 0 Å². The summed E-state index contributed by atoms with van der Waals surface area (Å²) in [6, 6.07) is 24.1. The highest BCUT2D eigenvalue weighted by atomic mass is 16.5. The first kappa shape index (κ1) is 22.7. The van der Waals surface area contributed by atoms with E-state index in [0.717, 1.165) is 17.1 Å². The summed E-state index contributed by atoms with van der Waals surface area (Å²) in [5, 5.41) is 5.92. The number of nitrogens with one attached hydrogen (secondary N) is 2. The number of anilines is 3. The number of hydrogen-bond acceptors (Lipinski definition) is 5. The third-order valence-electron chi connectivity index (χ3n) is 4.66. The second-order valence-electron chi connectivity index (χ2n) is 7.06. The van der Waals surface area contributed by atoms with Crippen molar-refractivity contribution in [1.82, 2.24) is 0 Å². The first-order valence-corrected chi connectivity index (χ1v) is 10.3. The Morgan fingerprint density at radius 1 is 0.812 bits per heavy atom. The molecule has 0 atom stereocenters. The van der Waals surface area contributed by atoms with Crippen molar-refractivity contribution in [2.45, 2.75) is 6.92 Å². The fraction of sp³-hybridized carbons (Fsp3) is 0.200. The van der Waals surface area contributed by atoms with Gasteiger partial charge < -0.3 is 25.0 Å². The molecule has 0 saturated carbocycles. The highest BCUT2D eigenvalue weighted by Crippen LogP contribution is 2.19. The van der Waals surface area contributed by atoms with E-state index in [9.17, 15) is 9.59 Å². The number of amides is 2. The number of carbonyl (C=O) groups excluding carboxylic acids is 2. The van der Waals surface area contributed by atoms with Crippen molar-refractivity contribution in [2.24, 2.45) is 0 Å². The van der Waals surface area contributed by atoms with Crippen LogP contribution in [0.4, 0.5) is 17.1 Å². The number of para-hydroxylation sites is 1. The summed E-state index contributed by atoms with van der Waals surface area (Å²) in [5.74, 6) is 1.22. The zero-order chi connectivity index (χ0) is 22.8. The van der Waals surface area contributed by atoms with E-state index < -0.39 is 0 Å². The molecule has 32 heavy (non-hydrogen) atoms. The van der Waals surface area contributed by atoms with Gasteiger partial charge in [-0.2, -0.15) is 0 Å². The SMILES string of the molecule is CC(=O)N(C)c1ccc(NCC(=O)Nc2cccc(OCCOc3ccccc3)c2)cc1. The fourth-order valence-corrected chi connectivity index (χ4v) is 2.87. The molecule has 0 aliphatic carbocycles. The molecule has 166 valence electrons. The van der Waals surface area contributed by atoms with Crippen molar-refractivity contribution in [3.8, 4) is 11.5 Å². The van der Waals surface area contributed by atoms with Crippen LogP contribution >= 0.6 is 0 Å². The highest BCUT2D eigenvalue weighted by Gasteiger charge is 2.07. The molecule has 0 fully saturated rings. The summed E-state index contributed by atoms with van der Waals surface area (Å²) < 4.78 is 11.3. The van der Waals surface area contributed by atoms with Crippen LogP contribution in [-0.2, 0) is 9.59 Å². The minimum atomic E-state index is -0.181. The van der Waals surface area contributed by atoms with E-state index in [1.165, 1.54) is 6.92 Å². The van der Waals surface area contributed by atoms with E-state index in [1.54, 1.807) is 24.1 Å². The molecule has 7 nitrogen and oxygen atoms in total. The summed E-state index contributed by atoms with van der Waals surface area (Å²) in [6.07, 6.45) is 0. The number of hydrogen-bond donors (Lipinski definition) is 2. The lowest BCUT2D eigenvalue weighted by molar-refractivity contribution is -0.116. The van der Waals surface area contributed by atoms with Crippen LogP contribution < -0.4 is 25.0 Å². The molecule has 0 aliphatic heterocycles. The maximum Gasteiger partial charge on any atom is 0.243 e. The van der Waals surface area contributed by atoms with Crippen molar-refractivity contribution >= 4 is 28.9 Å². The molecule has 0 radical (unpaired) electrons. The first-order valence-electron chi connectivity index (χ1n) is 10.3. The van der Waals surface area contributed by atoms with E-state index >= 15 is 0 Å². The second-order valence-corrected chi connectivity index (χ2v) is 7.06. The van der Waals surface area contributed by atoms with Gasteiger partial charge in [-0.05, 0) is 48.5 Å². The molecule has 0 saturated heterocycles. The van der Waals surface area contributed by atoms with Crippen LogP contribution in [0.25, 0.3) is 0 Å². The van der Waals surface area contributed by atoms with Crippen molar-refractivity contribution in [3.63, 3.8) is 0 Å². The van der Waals surface area contributed by atoms with Gasteiger partial charge in [0.2, 0.25) is 11.8 Å². The summed E-state index contributed by atoms with van der Waals surface area (Å²) in [4.78, 5) is 25.3. The molecule has 0 aliphatic rings. The quantitative estimate of drug-likeness (QED) is 0.469. The Bertz CT molecular complexity index is 1020. The normalized spacial score (nSPS) is 10.2. The monoisotopic (exact) mass is 433 g/mol. The molecule has 0 spiro atoms. The lowest BCUT2D eigenvalue weighted by Gasteiger charge is -2.15. The zero-order valence-corrected chi connectivity index (χ0v) is 18.2. The molecule has 0 heterocycles. The smallest absolute Gasteiger partial charge is 0.243 e. The van der Waals surface area contributed by atoms with Gasteiger partial charge in [-0.15, -0.1) is 0 Å². The van der Waals surface area contributed by atoms with Gasteiger partial charge in [-0.25, -0.2) is 0 Å². The van der Waals surface area contributed by atoms with Crippen LogP contribution in [0.5, 0.6) is 11.5 Å². The number of rotatable bonds is 10. The van der Waals surface area contributed by atoms with Gasteiger partial charge in [-0.3, -0.25) is 9.59 Å². The van der Waals surface area contributed by atoms with Crippen LogP contribution in [0.1, 0.15) is 6.92 Å². The van der Waals surface area contributed by atoms with Gasteiger partial charge >= 0.3 is 0 Å². The lowest BCUT2D eigenvalue weighted by Crippen LogP contribution is -2.23. The molecular weight excluding hydrogens is 406 g/mol. The predicted octanol–water partition coefficient (Wildman–Crippen LogP) is 4.18. The van der Waals surface area contributed by atoms with E-state index in [4.69, 9.17) is 9.47 Å². The Kier molecular flexibility index (Phi) is 8.09. The van der Waals surface area contributed by atoms with E-state index in [1.807, 2.05) is 66.7 Å². The Morgan fingerprint density at radius 2 is 1.47 bits per heavy atom. The Hall–Kier alpha value is -4.00. The van der Waals surface area contributed by atoms with Gasteiger partial charge in [0.05, 0.1) is 6.54 Å². The third kappa shape index (κ3) is 7.05. The molecule has 3 rings (SSSR count). The summed E-state index contributed by atoms with van der Waals surface area (Å²) in [6.45, 7) is 2.43. The fourth-order valence-electron chi connectivity index (χ4n) is 2.87. The maximum absolute atomic E-state index is 12.3. The predicted molar refractivity (Wildman–Crippen MR) is 127 cm³/mol. The lowest BCUT2D eigenvalue weighted by atomic mass is 10.2. The summed E-state index contributed by atoms with van der Waals surface area (Å²) >= 11 is 0. The number of ether oxygens (including phenoxy) is 2. The minimum Gasteiger partial charge on any atom is -0.490 e. The zero-order valence-electron chi connectivity index (χ0n) is 18.2. The number of carbonyl (C=O) groups is 2. The van der Waals surface area contributed by atoms with Crippen LogP contribution in [0.2, 0.25) is 0 Å². The van der Waals surface area contributed by atoms with Gasteiger partial charge in [-0.1, -0.05) is 24.3 Å². The first-order chi connectivity index (χ1) is 15.5. The molecule has 0 bridgehead atoms. The Labute approximate surface area is 188 Å².